The standard InChI is InChI=1S/CHNS.Au.H3O3P/c2-1-3;;1-4(2)3/h3H;;1-3H. The molecule has 0 saturated carbocycles. The largest absolute Gasteiger partial charge is 0.328 e. The average molecular weight is 338 g/mol. The molecule has 0 amide bonds. The molecule has 0 aromatic rings. The Morgan fingerprint density at radius 2 is 1.38 bits per heavy atom. The number of thiocyanates is 1. The Bertz CT molecular complexity index is 62.0. The van der Waals surface area contributed by atoms with Crippen molar-refractivity contribution in [2.75, 3.05) is 0 Å². The molecule has 0 rings (SSSR count). The van der Waals surface area contributed by atoms with Crippen LogP contribution in [0.2, 0.25) is 0 Å². The van der Waals surface area contributed by atoms with Crippen LogP contribution in [0.5, 0.6) is 0 Å². The normalized spacial score (nSPS) is 5.50. The van der Waals surface area contributed by atoms with Gasteiger partial charge in [0.2, 0.25) is 0 Å². The molecule has 0 fully saturated rings. The van der Waals surface area contributed by atoms with E-state index in [1.54, 1.807) is 0 Å². The second kappa shape index (κ2) is 15.7. The summed E-state index contributed by atoms with van der Waals surface area (Å²) < 4.78 is 0. The topological polar surface area (TPSA) is 84.5 Å². The van der Waals surface area contributed by atoms with Gasteiger partial charge >= 0.3 is 8.60 Å². The molecule has 0 aliphatic heterocycles. The van der Waals surface area contributed by atoms with Crippen molar-refractivity contribution >= 4 is 21.2 Å². The maximum atomic E-state index is 7.23. The van der Waals surface area contributed by atoms with Gasteiger partial charge in [-0.15, -0.1) is 0 Å². The van der Waals surface area contributed by atoms with Gasteiger partial charge in [0.25, 0.3) is 0 Å². The van der Waals surface area contributed by atoms with Gasteiger partial charge in [-0.25, -0.2) is 0 Å². The molecule has 0 aliphatic carbocycles. The van der Waals surface area contributed by atoms with Gasteiger partial charge in [-0.05, 0) is 0 Å². The zero-order chi connectivity index (χ0) is 6.28. The van der Waals surface area contributed by atoms with Gasteiger partial charge in [0.1, 0.15) is 5.40 Å². The van der Waals surface area contributed by atoms with E-state index in [2.05, 4.69) is 12.6 Å². The zero-order valence-electron chi connectivity index (χ0n) is 3.48. The monoisotopic (exact) mass is 338 g/mol. The molecule has 0 heterocycles. The Hall–Kier alpha value is 0.890. The number of hydrogen-bond acceptors (Lipinski definition) is 5. The van der Waals surface area contributed by atoms with E-state index in [9.17, 15) is 0 Å². The van der Waals surface area contributed by atoms with Gasteiger partial charge in [0.05, 0.1) is 0 Å². The maximum absolute atomic E-state index is 7.23. The Labute approximate surface area is 69.1 Å². The van der Waals surface area contributed by atoms with E-state index < -0.39 is 8.60 Å². The Morgan fingerprint density at radius 1 is 1.38 bits per heavy atom. The van der Waals surface area contributed by atoms with Crippen molar-refractivity contribution in [1.82, 2.24) is 0 Å². The van der Waals surface area contributed by atoms with Crippen molar-refractivity contribution < 1.29 is 37.1 Å². The molecule has 0 unspecified atom stereocenters. The van der Waals surface area contributed by atoms with Crippen LogP contribution in [0.15, 0.2) is 0 Å². The minimum absolute atomic E-state index is 0. The molecule has 3 N–H and O–H groups in total. The predicted octanol–water partition coefficient (Wildman–Crippen LogP) is -0.415. The van der Waals surface area contributed by atoms with E-state index in [4.69, 9.17) is 19.9 Å². The van der Waals surface area contributed by atoms with E-state index in [1.807, 2.05) is 0 Å². The van der Waals surface area contributed by atoms with E-state index >= 15 is 0 Å². The van der Waals surface area contributed by atoms with Crippen molar-refractivity contribution in [2.24, 2.45) is 0 Å². The summed E-state index contributed by atoms with van der Waals surface area (Å²) in [5.41, 5.74) is 0. The second-order valence-electron chi connectivity index (χ2n) is 0.368. The fourth-order valence-electron chi connectivity index (χ4n) is 0. The van der Waals surface area contributed by atoms with Crippen molar-refractivity contribution in [3.05, 3.63) is 0 Å². The van der Waals surface area contributed by atoms with Crippen LogP contribution < -0.4 is 0 Å². The van der Waals surface area contributed by atoms with E-state index in [0.717, 1.165) is 0 Å². The minimum atomic E-state index is -2.62. The molecular formula is CH4AuNO3PS. The van der Waals surface area contributed by atoms with Crippen molar-refractivity contribution in [2.45, 2.75) is 0 Å². The van der Waals surface area contributed by atoms with E-state index in [-0.39, 0.29) is 22.4 Å². The SMILES string of the molecule is N#CS.OP(O)O.[Au]. The molecule has 8 heavy (non-hydrogen) atoms. The summed E-state index contributed by atoms with van der Waals surface area (Å²) in [6.45, 7) is 0. The third-order valence-corrected chi connectivity index (χ3v) is 0. The molecule has 0 atom stereocenters. The average Bonchev–Trinajstić information content (AvgIpc) is 1.33. The molecular weight excluding hydrogens is 334 g/mol. The van der Waals surface area contributed by atoms with Crippen molar-refractivity contribution in [1.29, 1.82) is 5.26 Å². The molecule has 0 spiro atoms. The van der Waals surface area contributed by atoms with Crippen LogP contribution in [-0.4, -0.2) is 14.7 Å². The van der Waals surface area contributed by atoms with Gasteiger partial charge in [-0.2, -0.15) is 5.26 Å². The summed E-state index contributed by atoms with van der Waals surface area (Å²) >= 11 is 3.09. The summed E-state index contributed by atoms with van der Waals surface area (Å²) in [7, 11) is -2.62. The molecule has 0 bridgehead atoms. The fraction of sp³-hybridized carbons (Fsp3) is 0. The third kappa shape index (κ3) is 302. The molecule has 53 valence electrons. The number of nitriles is 1. The third-order valence-electron chi connectivity index (χ3n) is 0. The van der Waals surface area contributed by atoms with Crippen molar-refractivity contribution in [3.63, 3.8) is 0 Å². The minimum Gasteiger partial charge on any atom is -0.328 e. The smallest absolute Gasteiger partial charge is 0.324 e. The van der Waals surface area contributed by atoms with Crippen LogP contribution in [0.25, 0.3) is 0 Å². The number of nitrogens with zero attached hydrogens (tertiary/aromatic N) is 1. The Kier molecular flexibility index (Phi) is 31.2. The van der Waals surface area contributed by atoms with Crippen LogP contribution in [0, 0.1) is 10.7 Å². The van der Waals surface area contributed by atoms with Crippen LogP contribution >= 0.6 is 21.2 Å². The predicted molar refractivity (Wildman–Crippen MR) is 28.2 cm³/mol. The van der Waals surface area contributed by atoms with Crippen LogP contribution in [0.3, 0.4) is 0 Å². The zero-order valence-corrected chi connectivity index (χ0v) is 7.44. The van der Waals surface area contributed by atoms with Gasteiger partial charge in [0, 0.05) is 22.4 Å². The molecule has 0 saturated heterocycles. The van der Waals surface area contributed by atoms with Crippen molar-refractivity contribution in [3.8, 4) is 5.40 Å². The summed E-state index contributed by atoms with van der Waals surface area (Å²) in [6, 6.07) is 0. The fourth-order valence-corrected chi connectivity index (χ4v) is 0. The van der Waals surface area contributed by atoms with E-state index in [0.29, 0.717) is 0 Å². The first kappa shape index (κ1) is 16.0. The number of thiol groups is 1. The van der Waals surface area contributed by atoms with Crippen LogP contribution in [0.4, 0.5) is 0 Å². The summed E-state index contributed by atoms with van der Waals surface area (Å²) in [4.78, 5) is 21.7. The molecule has 4 nitrogen and oxygen atoms in total. The van der Waals surface area contributed by atoms with Gasteiger partial charge < -0.3 is 14.7 Å². The van der Waals surface area contributed by atoms with Crippen LogP contribution in [0.1, 0.15) is 0 Å². The van der Waals surface area contributed by atoms with Crippen LogP contribution in [-0.2, 0) is 22.4 Å². The summed E-state index contributed by atoms with van der Waals surface area (Å²) in [5.74, 6) is 0. The Morgan fingerprint density at radius 3 is 1.38 bits per heavy atom. The number of hydrogen-bond donors (Lipinski definition) is 4. The summed E-state index contributed by atoms with van der Waals surface area (Å²) in [6.07, 6.45) is 0. The van der Waals surface area contributed by atoms with E-state index in [1.165, 1.54) is 5.40 Å². The molecule has 1 radical (unpaired) electrons. The first-order valence-corrected chi connectivity index (χ1v) is 2.69. The van der Waals surface area contributed by atoms with Gasteiger partial charge in [0.15, 0.2) is 0 Å². The number of rotatable bonds is 0. The summed E-state index contributed by atoms with van der Waals surface area (Å²) in [5, 5.41) is 8.63. The second-order valence-corrected chi connectivity index (χ2v) is 1.10. The van der Waals surface area contributed by atoms with Gasteiger partial charge in [-0.1, -0.05) is 12.6 Å². The molecule has 0 aromatic heterocycles. The maximum Gasteiger partial charge on any atom is 0.324 e. The first-order chi connectivity index (χ1) is 3.15. The molecule has 0 aromatic carbocycles. The quantitative estimate of drug-likeness (QED) is 0.209. The molecule has 0 aliphatic rings. The molecule has 7 heteroatoms. The first-order valence-electron chi connectivity index (χ1n) is 1.05. The Balaban J connectivity index is -0.0000000575. The van der Waals surface area contributed by atoms with Gasteiger partial charge in [-0.3, -0.25) is 0 Å².